The van der Waals surface area contributed by atoms with Crippen molar-refractivity contribution in [3.05, 3.63) is 21.9 Å². The SMILES string of the molecule is C#CCOC[C@H](O)CN(Cc1ccc(C)s1)CC(C)C. The zero-order valence-electron chi connectivity index (χ0n) is 12.6. The van der Waals surface area contributed by atoms with Crippen LogP contribution in [0.1, 0.15) is 23.6 Å². The van der Waals surface area contributed by atoms with E-state index in [1.54, 1.807) is 0 Å². The maximum atomic E-state index is 10.0. The number of hydrogen-bond acceptors (Lipinski definition) is 4. The second kappa shape index (κ2) is 9.15. The molecular weight excluding hydrogens is 270 g/mol. The maximum Gasteiger partial charge on any atom is 0.107 e. The summed E-state index contributed by atoms with van der Waals surface area (Å²) in [5.41, 5.74) is 0. The van der Waals surface area contributed by atoms with Crippen molar-refractivity contribution in [2.75, 3.05) is 26.3 Å². The highest BCUT2D eigenvalue weighted by Gasteiger charge is 2.14. The topological polar surface area (TPSA) is 32.7 Å². The van der Waals surface area contributed by atoms with E-state index in [0.29, 0.717) is 19.1 Å². The van der Waals surface area contributed by atoms with E-state index >= 15 is 0 Å². The molecule has 3 nitrogen and oxygen atoms in total. The Morgan fingerprint density at radius 2 is 2.15 bits per heavy atom. The van der Waals surface area contributed by atoms with Crippen LogP contribution in [0.5, 0.6) is 0 Å². The van der Waals surface area contributed by atoms with Crippen molar-refractivity contribution in [1.29, 1.82) is 0 Å². The van der Waals surface area contributed by atoms with E-state index in [0.717, 1.165) is 13.1 Å². The van der Waals surface area contributed by atoms with Crippen LogP contribution in [0.2, 0.25) is 0 Å². The second-order valence-electron chi connectivity index (χ2n) is 5.47. The first-order chi connectivity index (χ1) is 9.51. The van der Waals surface area contributed by atoms with Gasteiger partial charge in [0.1, 0.15) is 6.61 Å². The van der Waals surface area contributed by atoms with Gasteiger partial charge >= 0.3 is 0 Å². The molecule has 0 aliphatic carbocycles. The van der Waals surface area contributed by atoms with E-state index in [-0.39, 0.29) is 6.61 Å². The molecule has 0 saturated heterocycles. The number of aliphatic hydroxyl groups is 1. The number of aliphatic hydroxyl groups excluding tert-OH is 1. The van der Waals surface area contributed by atoms with Crippen LogP contribution in [-0.4, -0.2) is 42.4 Å². The largest absolute Gasteiger partial charge is 0.389 e. The van der Waals surface area contributed by atoms with Crippen molar-refractivity contribution in [1.82, 2.24) is 4.90 Å². The molecular formula is C16H25NO2S. The molecule has 1 aromatic rings. The van der Waals surface area contributed by atoms with E-state index < -0.39 is 6.10 Å². The second-order valence-corrected chi connectivity index (χ2v) is 6.85. The molecule has 0 amide bonds. The Morgan fingerprint density at radius 3 is 2.70 bits per heavy atom. The fourth-order valence-electron chi connectivity index (χ4n) is 2.12. The number of aryl methyl sites for hydroxylation is 1. The zero-order valence-corrected chi connectivity index (χ0v) is 13.4. The Bertz CT molecular complexity index is 422. The van der Waals surface area contributed by atoms with Gasteiger partial charge in [0.25, 0.3) is 0 Å². The van der Waals surface area contributed by atoms with Crippen LogP contribution in [0, 0.1) is 25.2 Å². The molecule has 112 valence electrons. The summed E-state index contributed by atoms with van der Waals surface area (Å²) < 4.78 is 5.19. The maximum absolute atomic E-state index is 10.0. The fraction of sp³-hybridized carbons (Fsp3) is 0.625. The Balaban J connectivity index is 2.49. The van der Waals surface area contributed by atoms with Gasteiger partial charge in [0.05, 0.1) is 12.7 Å². The first kappa shape index (κ1) is 17.2. The van der Waals surface area contributed by atoms with Crippen molar-refractivity contribution >= 4 is 11.3 Å². The standard InChI is InChI=1S/C16H25NO2S/c1-5-8-19-12-15(18)10-17(9-13(2)3)11-16-7-6-14(4)20-16/h1,6-7,13,15,18H,8-12H2,2-4H3/t15-/m1/s1. The summed E-state index contributed by atoms with van der Waals surface area (Å²) in [5.74, 6) is 2.97. The highest BCUT2D eigenvalue weighted by Crippen LogP contribution is 2.18. The summed E-state index contributed by atoms with van der Waals surface area (Å²) in [6.45, 7) is 9.49. The van der Waals surface area contributed by atoms with Crippen molar-refractivity contribution in [3.63, 3.8) is 0 Å². The van der Waals surface area contributed by atoms with Crippen LogP contribution in [0.4, 0.5) is 0 Å². The first-order valence-electron chi connectivity index (χ1n) is 6.98. The van der Waals surface area contributed by atoms with Gasteiger partial charge in [0.2, 0.25) is 0 Å². The molecule has 0 radical (unpaired) electrons. The molecule has 0 spiro atoms. The number of nitrogens with zero attached hydrogens (tertiary/aromatic N) is 1. The van der Waals surface area contributed by atoms with Crippen LogP contribution in [0.3, 0.4) is 0 Å². The average Bonchev–Trinajstić information content (AvgIpc) is 2.74. The first-order valence-corrected chi connectivity index (χ1v) is 7.79. The number of ether oxygens (including phenoxy) is 1. The minimum absolute atomic E-state index is 0.255. The summed E-state index contributed by atoms with van der Waals surface area (Å²) in [6, 6.07) is 4.30. The van der Waals surface area contributed by atoms with Gasteiger partial charge < -0.3 is 9.84 Å². The third kappa shape index (κ3) is 7.06. The molecule has 0 bridgehead atoms. The number of rotatable bonds is 9. The number of hydrogen-bond donors (Lipinski definition) is 1. The van der Waals surface area contributed by atoms with E-state index in [1.165, 1.54) is 9.75 Å². The van der Waals surface area contributed by atoms with Gasteiger partial charge in [-0.25, -0.2) is 0 Å². The monoisotopic (exact) mass is 295 g/mol. The van der Waals surface area contributed by atoms with Crippen LogP contribution in [0.25, 0.3) is 0 Å². The lowest BCUT2D eigenvalue weighted by molar-refractivity contribution is 0.0240. The molecule has 0 fully saturated rings. The summed E-state index contributed by atoms with van der Waals surface area (Å²) in [4.78, 5) is 4.93. The molecule has 1 rings (SSSR count). The van der Waals surface area contributed by atoms with Crippen molar-refractivity contribution < 1.29 is 9.84 Å². The Labute approximate surface area is 126 Å². The average molecular weight is 295 g/mol. The molecule has 20 heavy (non-hydrogen) atoms. The minimum atomic E-state index is -0.497. The normalized spacial score (nSPS) is 12.8. The predicted molar refractivity (Wildman–Crippen MR) is 84.8 cm³/mol. The molecule has 0 aliphatic heterocycles. The van der Waals surface area contributed by atoms with Crippen LogP contribution in [-0.2, 0) is 11.3 Å². The molecule has 1 aromatic heterocycles. The van der Waals surface area contributed by atoms with Crippen molar-refractivity contribution in [2.45, 2.75) is 33.4 Å². The number of thiophene rings is 1. The quantitative estimate of drug-likeness (QED) is 0.561. The molecule has 0 saturated carbocycles. The summed E-state index contributed by atoms with van der Waals surface area (Å²) in [7, 11) is 0. The van der Waals surface area contributed by atoms with E-state index in [2.05, 4.69) is 43.7 Å². The van der Waals surface area contributed by atoms with Gasteiger partial charge in [-0.2, -0.15) is 0 Å². The van der Waals surface area contributed by atoms with Crippen LogP contribution < -0.4 is 0 Å². The van der Waals surface area contributed by atoms with E-state index in [4.69, 9.17) is 11.2 Å². The van der Waals surface area contributed by atoms with E-state index in [9.17, 15) is 5.11 Å². The molecule has 0 aliphatic rings. The van der Waals surface area contributed by atoms with Crippen molar-refractivity contribution in [2.24, 2.45) is 5.92 Å². The minimum Gasteiger partial charge on any atom is -0.389 e. The van der Waals surface area contributed by atoms with Gasteiger partial charge in [0.15, 0.2) is 0 Å². The lowest BCUT2D eigenvalue weighted by Gasteiger charge is -2.26. The van der Waals surface area contributed by atoms with Crippen molar-refractivity contribution in [3.8, 4) is 12.3 Å². The van der Waals surface area contributed by atoms with Gasteiger partial charge in [-0.1, -0.05) is 19.8 Å². The summed E-state index contributed by atoms with van der Waals surface area (Å²) in [5, 5.41) is 10.0. The van der Waals surface area contributed by atoms with E-state index in [1.807, 2.05) is 11.3 Å². The lowest BCUT2D eigenvalue weighted by atomic mass is 10.2. The molecule has 1 atom stereocenters. The summed E-state index contributed by atoms with van der Waals surface area (Å²) >= 11 is 1.81. The Morgan fingerprint density at radius 1 is 1.40 bits per heavy atom. The smallest absolute Gasteiger partial charge is 0.107 e. The summed E-state index contributed by atoms with van der Waals surface area (Å²) in [6.07, 6.45) is 4.62. The van der Waals surface area contributed by atoms with Gasteiger partial charge in [-0.3, -0.25) is 4.90 Å². The van der Waals surface area contributed by atoms with Crippen LogP contribution in [0.15, 0.2) is 12.1 Å². The highest BCUT2D eigenvalue weighted by molar-refractivity contribution is 7.11. The Kier molecular flexibility index (Phi) is 7.86. The number of terminal acetylenes is 1. The lowest BCUT2D eigenvalue weighted by Crippen LogP contribution is -2.36. The third-order valence-corrected chi connectivity index (χ3v) is 3.75. The molecule has 0 unspecified atom stereocenters. The predicted octanol–water partition coefficient (Wildman–Crippen LogP) is 2.53. The molecule has 4 heteroatoms. The fourth-order valence-corrected chi connectivity index (χ4v) is 3.05. The molecule has 1 N–H and O–H groups in total. The van der Waals surface area contributed by atoms with Crippen LogP contribution >= 0.6 is 11.3 Å². The highest BCUT2D eigenvalue weighted by atomic mass is 32.1. The molecule has 0 aromatic carbocycles. The van der Waals surface area contributed by atoms with Gasteiger partial charge in [-0.05, 0) is 25.0 Å². The third-order valence-electron chi connectivity index (χ3n) is 2.76. The van der Waals surface area contributed by atoms with Gasteiger partial charge in [0, 0.05) is 29.4 Å². The van der Waals surface area contributed by atoms with Gasteiger partial charge in [-0.15, -0.1) is 17.8 Å². The Hall–Kier alpha value is -0.860. The zero-order chi connectivity index (χ0) is 15.0. The molecule has 1 heterocycles.